The number of amides is 1. The number of hydrogen-bond donors (Lipinski definition) is 1. The highest BCUT2D eigenvalue weighted by molar-refractivity contribution is 5.68. The number of carbonyl (C=O) groups excluding carboxylic acids is 1. The van der Waals surface area contributed by atoms with E-state index in [1.165, 1.54) is 17.0 Å². The zero-order valence-electron chi connectivity index (χ0n) is 14.4. The Morgan fingerprint density at radius 3 is 2.52 bits per heavy atom. The van der Waals surface area contributed by atoms with E-state index in [2.05, 4.69) is 9.72 Å². The van der Waals surface area contributed by atoms with E-state index in [1.807, 2.05) is 0 Å². The maximum absolute atomic E-state index is 12.8. The summed E-state index contributed by atoms with van der Waals surface area (Å²) in [5.41, 5.74) is -0.0120. The highest BCUT2D eigenvalue weighted by Crippen LogP contribution is 2.50. The minimum absolute atomic E-state index is 0.0120. The monoisotopic (exact) mass is 392 g/mol. The van der Waals surface area contributed by atoms with Crippen LogP contribution in [0.1, 0.15) is 25.7 Å². The number of aromatic nitrogens is 1. The predicted molar refractivity (Wildman–Crippen MR) is 84.5 cm³/mol. The molecule has 1 aromatic heterocycles. The molecule has 1 aliphatic heterocycles. The first-order valence-electron chi connectivity index (χ1n) is 8.62. The largest absolute Gasteiger partial charge is 0.474 e. The van der Waals surface area contributed by atoms with Gasteiger partial charge in [-0.2, -0.15) is 13.2 Å². The molecule has 2 fully saturated rings. The lowest BCUT2D eigenvalue weighted by Gasteiger charge is -2.51. The molecule has 1 aliphatic carbocycles. The van der Waals surface area contributed by atoms with Gasteiger partial charge in [0.25, 0.3) is 0 Å². The third-order valence-corrected chi connectivity index (χ3v) is 5.17. The first-order valence-corrected chi connectivity index (χ1v) is 8.62. The molecule has 1 atom stereocenters. The van der Waals surface area contributed by atoms with E-state index in [-0.39, 0.29) is 24.6 Å². The quantitative estimate of drug-likeness (QED) is 0.798. The highest BCUT2D eigenvalue weighted by atomic mass is 19.4. The lowest BCUT2D eigenvalue weighted by molar-refractivity contribution is -0.215. The summed E-state index contributed by atoms with van der Waals surface area (Å²) in [7, 11) is 0. The second-order valence-corrected chi connectivity index (χ2v) is 7.05. The van der Waals surface area contributed by atoms with Crippen LogP contribution >= 0.6 is 0 Å². The van der Waals surface area contributed by atoms with Crippen molar-refractivity contribution in [1.82, 2.24) is 9.88 Å². The molecule has 0 aromatic carbocycles. The van der Waals surface area contributed by atoms with E-state index >= 15 is 0 Å². The van der Waals surface area contributed by atoms with Crippen LogP contribution in [0.25, 0.3) is 0 Å². The van der Waals surface area contributed by atoms with Gasteiger partial charge in [-0.05, 0) is 37.2 Å². The molecule has 1 N–H and O–H groups in total. The number of halogens is 4. The number of rotatable bonds is 4. The molecule has 3 rings (SSSR count). The summed E-state index contributed by atoms with van der Waals surface area (Å²) in [4.78, 5) is 17.0. The van der Waals surface area contributed by atoms with Gasteiger partial charge in [0.05, 0.1) is 12.8 Å². The zero-order valence-corrected chi connectivity index (χ0v) is 14.4. The van der Waals surface area contributed by atoms with Crippen molar-refractivity contribution in [2.45, 2.75) is 44.1 Å². The Balaban J connectivity index is 1.44. The molecule has 6 nitrogen and oxygen atoms in total. The van der Waals surface area contributed by atoms with Gasteiger partial charge in [-0.1, -0.05) is 0 Å². The van der Waals surface area contributed by atoms with E-state index in [4.69, 9.17) is 9.84 Å². The third kappa shape index (κ3) is 4.60. The van der Waals surface area contributed by atoms with E-state index < -0.39 is 30.8 Å². The summed E-state index contributed by atoms with van der Waals surface area (Å²) in [5, 5.41) is 8.75. The van der Waals surface area contributed by atoms with Crippen LogP contribution in [-0.4, -0.2) is 59.2 Å². The fourth-order valence-corrected chi connectivity index (χ4v) is 3.57. The fraction of sp³-hybridized carbons (Fsp3) is 0.647. The number of hydrogen-bond acceptors (Lipinski definition) is 5. The Labute approximate surface area is 153 Å². The van der Waals surface area contributed by atoms with Gasteiger partial charge >= 0.3 is 12.3 Å². The molecular formula is C17H20F4N2O4. The molecule has 2 aliphatic rings. The van der Waals surface area contributed by atoms with Crippen LogP contribution in [0.5, 0.6) is 5.88 Å². The molecule has 1 aromatic rings. The molecule has 1 spiro atoms. The second kappa shape index (κ2) is 7.49. The molecule has 1 amide bonds. The number of alkyl halides is 3. The number of ether oxygens (including phenoxy) is 2. The van der Waals surface area contributed by atoms with Gasteiger partial charge in [0.15, 0.2) is 0 Å². The smallest absolute Gasteiger partial charge is 0.427 e. The van der Waals surface area contributed by atoms with Crippen molar-refractivity contribution < 1.29 is 36.9 Å². The van der Waals surface area contributed by atoms with Crippen molar-refractivity contribution in [2.75, 3.05) is 19.7 Å². The molecule has 0 radical (unpaired) electrons. The number of pyridine rings is 1. The SMILES string of the molecule is O=C(O[C@H](CO)C(F)(F)F)N1CCC2(CC1)CC(Oc1ccc(F)cn1)C2. The number of likely N-dealkylation sites (tertiary alicyclic amines) is 1. The molecule has 2 heterocycles. The van der Waals surface area contributed by atoms with Crippen LogP contribution in [-0.2, 0) is 4.74 Å². The van der Waals surface area contributed by atoms with Crippen LogP contribution in [0.15, 0.2) is 18.3 Å². The van der Waals surface area contributed by atoms with Crippen LogP contribution < -0.4 is 4.74 Å². The Morgan fingerprint density at radius 1 is 1.33 bits per heavy atom. The second-order valence-electron chi connectivity index (χ2n) is 7.05. The predicted octanol–water partition coefficient (Wildman–Crippen LogP) is 2.90. The van der Waals surface area contributed by atoms with E-state index in [1.54, 1.807) is 0 Å². The Kier molecular flexibility index (Phi) is 5.45. The van der Waals surface area contributed by atoms with Gasteiger partial charge in [-0.3, -0.25) is 0 Å². The standard InChI is InChI=1S/C17H20F4N2O4/c18-11-1-2-14(22-9-11)26-12-7-16(8-12)3-5-23(6-4-16)15(25)27-13(10-24)17(19,20)21/h1-2,9,12-13,24H,3-8,10H2/t13-/m1/s1. The number of carbonyl (C=O) groups is 1. The minimum Gasteiger partial charge on any atom is -0.474 e. The fourth-order valence-electron chi connectivity index (χ4n) is 3.57. The molecule has 27 heavy (non-hydrogen) atoms. The lowest BCUT2D eigenvalue weighted by atomic mass is 9.61. The summed E-state index contributed by atoms with van der Waals surface area (Å²) in [5.74, 6) is -0.0971. The summed E-state index contributed by atoms with van der Waals surface area (Å²) in [6, 6.07) is 2.72. The van der Waals surface area contributed by atoms with Crippen molar-refractivity contribution in [3.63, 3.8) is 0 Å². The first kappa shape index (κ1) is 19.7. The summed E-state index contributed by atoms with van der Waals surface area (Å²) >= 11 is 0. The van der Waals surface area contributed by atoms with Crippen LogP contribution in [0.4, 0.5) is 22.4 Å². The number of aliphatic hydroxyl groups excluding tert-OH is 1. The van der Waals surface area contributed by atoms with E-state index in [9.17, 15) is 22.4 Å². The van der Waals surface area contributed by atoms with Crippen molar-refractivity contribution in [1.29, 1.82) is 0 Å². The van der Waals surface area contributed by atoms with Crippen molar-refractivity contribution in [3.8, 4) is 5.88 Å². The summed E-state index contributed by atoms with van der Waals surface area (Å²) < 4.78 is 60.6. The Bertz CT molecular complexity index is 652. The number of piperidine rings is 1. The minimum atomic E-state index is -4.80. The van der Waals surface area contributed by atoms with Gasteiger partial charge in [0.2, 0.25) is 12.0 Å². The summed E-state index contributed by atoms with van der Waals surface area (Å²) in [6.45, 7) is -0.726. The van der Waals surface area contributed by atoms with Gasteiger partial charge < -0.3 is 19.5 Å². The lowest BCUT2D eigenvalue weighted by Crippen LogP contribution is -2.53. The molecule has 150 valence electrons. The Morgan fingerprint density at radius 2 is 2.00 bits per heavy atom. The maximum Gasteiger partial charge on any atom is 0.427 e. The maximum atomic E-state index is 12.8. The van der Waals surface area contributed by atoms with E-state index in [0.717, 1.165) is 19.0 Å². The number of aliphatic hydroxyl groups is 1. The van der Waals surface area contributed by atoms with Crippen LogP contribution in [0.2, 0.25) is 0 Å². The van der Waals surface area contributed by atoms with Gasteiger partial charge in [-0.15, -0.1) is 0 Å². The van der Waals surface area contributed by atoms with Crippen LogP contribution in [0, 0.1) is 11.2 Å². The molecule has 1 saturated heterocycles. The first-order chi connectivity index (χ1) is 12.7. The van der Waals surface area contributed by atoms with Crippen LogP contribution in [0.3, 0.4) is 0 Å². The van der Waals surface area contributed by atoms with Crippen molar-refractivity contribution in [3.05, 3.63) is 24.1 Å². The average molecular weight is 392 g/mol. The number of nitrogens with zero attached hydrogens (tertiary/aromatic N) is 2. The topological polar surface area (TPSA) is 71.9 Å². The summed E-state index contributed by atoms with van der Waals surface area (Å²) in [6.07, 6.45) is -4.58. The van der Waals surface area contributed by atoms with Gasteiger partial charge in [0, 0.05) is 19.2 Å². The Hall–Kier alpha value is -2.10. The molecular weight excluding hydrogens is 372 g/mol. The zero-order chi connectivity index (χ0) is 19.7. The van der Waals surface area contributed by atoms with Gasteiger partial charge in [-0.25, -0.2) is 14.2 Å². The van der Waals surface area contributed by atoms with Crippen molar-refractivity contribution in [2.24, 2.45) is 5.41 Å². The molecule has 0 unspecified atom stereocenters. The van der Waals surface area contributed by atoms with Crippen molar-refractivity contribution >= 4 is 6.09 Å². The normalized spacial score (nSPS) is 20.9. The average Bonchev–Trinajstić information content (AvgIpc) is 2.59. The third-order valence-electron chi connectivity index (χ3n) is 5.17. The molecule has 0 bridgehead atoms. The van der Waals surface area contributed by atoms with Gasteiger partial charge in [0.1, 0.15) is 11.9 Å². The molecule has 10 heteroatoms. The highest BCUT2D eigenvalue weighted by Gasteiger charge is 2.49. The molecule has 1 saturated carbocycles. The van der Waals surface area contributed by atoms with E-state index in [0.29, 0.717) is 18.7 Å².